The molecule has 17 heavy (non-hydrogen) atoms. The summed E-state index contributed by atoms with van der Waals surface area (Å²) in [6.07, 6.45) is 2.94. The molecule has 3 rings (SSSR count). The second kappa shape index (κ2) is 4.78. The second-order valence-electron chi connectivity index (χ2n) is 4.99. The zero-order chi connectivity index (χ0) is 11.7. The molecule has 2 aliphatic heterocycles. The number of thiophene rings is 1. The number of amides is 1. The van der Waals surface area contributed by atoms with E-state index in [4.69, 9.17) is 0 Å². The largest absolute Gasteiger partial charge is 0.342 e. The molecule has 0 bridgehead atoms. The smallest absolute Gasteiger partial charge is 0.227 e. The minimum atomic E-state index is 0.304. The van der Waals surface area contributed by atoms with Crippen molar-refractivity contribution >= 4 is 17.2 Å². The molecule has 0 aromatic carbocycles. The van der Waals surface area contributed by atoms with E-state index in [-0.39, 0.29) is 0 Å². The van der Waals surface area contributed by atoms with Gasteiger partial charge in [0.1, 0.15) is 0 Å². The number of fused-ring (bicyclic) bond motifs is 1. The minimum Gasteiger partial charge on any atom is -0.342 e. The maximum atomic E-state index is 12.2. The third-order valence-corrected chi connectivity index (χ3v) is 4.79. The molecule has 0 saturated carbocycles. The van der Waals surface area contributed by atoms with E-state index in [2.05, 4.69) is 10.2 Å². The molecule has 3 nitrogen and oxygen atoms in total. The Hall–Kier alpha value is -0.870. The van der Waals surface area contributed by atoms with Crippen molar-refractivity contribution in [1.29, 1.82) is 0 Å². The van der Waals surface area contributed by atoms with Gasteiger partial charge in [-0.3, -0.25) is 4.79 Å². The van der Waals surface area contributed by atoms with E-state index in [1.54, 1.807) is 11.3 Å². The second-order valence-corrected chi connectivity index (χ2v) is 6.03. The van der Waals surface area contributed by atoms with E-state index in [0.29, 0.717) is 24.3 Å². The van der Waals surface area contributed by atoms with Crippen LogP contribution < -0.4 is 5.32 Å². The average Bonchev–Trinajstić information content (AvgIpc) is 2.97. The number of carbonyl (C=O) groups is 1. The van der Waals surface area contributed by atoms with Crippen LogP contribution in [-0.4, -0.2) is 36.5 Å². The number of piperidine rings is 1. The third-order valence-electron chi connectivity index (χ3n) is 3.91. The molecule has 2 saturated heterocycles. The van der Waals surface area contributed by atoms with Gasteiger partial charge in [0.05, 0.1) is 6.42 Å². The van der Waals surface area contributed by atoms with Crippen LogP contribution in [0.25, 0.3) is 0 Å². The van der Waals surface area contributed by atoms with Gasteiger partial charge in [-0.2, -0.15) is 0 Å². The van der Waals surface area contributed by atoms with E-state index in [1.807, 2.05) is 17.5 Å². The first kappa shape index (κ1) is 11.2. The number of carbonyl (C=O) groups excluding carboxylic acids is 1. The highest BCUT2D eigenvalue weighted by atomic mass is 32.1. The lowest BCUT2D eigenvalue weighted by Crippen LogP contribution is -2.47. The lowest BCUT2D eigenvalue weighted by molar-refractivity contribution is -0.132. The Bertz CT molecular complexity index is 390. The van der Waals surface area contributed by atoms with Crippen LogP contribution in [0.3, 0.4) is 0 Å². The van der Waals surface area contributed by atoms with E-state index in [0.717, 1.165) is 26.1 Å². The molecule has 2 atom stereocenters. The summed E-state index contributed by atoms with van der Waals surface area (Å²) in [6.45, 7) is 3.02. The van der Waals surface area contributed by atoms with E-state index in [9.17, 15) is 4.79 Å². The minimum absolute atomic E-state index is 0.304. The molecule has 1 aromatic rings. The van der Waals surface area contributed by atoms with Gasteiger partial charge in [0.2, 0.25) is 5.91 Å². The standard InChI is InChI=1S/C13H18N2OS/c16-13(8-11-2-1-7-17-11)15-6-4-12-10(9-15)3-5-14-12/h1-2,7,10,12,14H,3-6,8-9H2. The molecule has 2 aliphatic rings. The highest BCUT2D eigenvalue weighted by molar-refractivity contribution is 7.10. The van der Waals surface area contributed by atoms with Crippen molar-refractivity contribution in [3.63, 3.8) is 0 Å². The molecule has 0 radical (unpaired) electrons. The molecular weight excluding hydrogens is 232 g/mol. The zero-order valence-corrected chi connectivity index (χ0v) is 10.7. The molecule has 1 amide bonds. The SMILES string of the molecule is O=C(Cc1cccs1)N1CCC2NCCC2C1. The zero-order valence-electron chi connectivity index (χ0n) is 9.89. The Morgan fingerprint density at radius 3 is 3.29 bits per heavy atom. The van der Waals surface area contributed by atoms with E-state index in [1.165, 1.54) is 11.3 Å². The molecule has 92 valence electrons. The van der Waals surface area contributed by atoms with E-state index >= 15 is 0 Å². The highest BCUT2D eigenvalue weighted by Crippen LogP contribution is 2.25. The third kappa shape index (κ3) is 2.38. The quantitative estimate of drug-likeness (QED) is 0.863. The van der Waals surface area contributed by atoms with Crippen molar-refractivity contribution in [2.45, 2.75) is 25.3 Å². The summed E-state index contributed by atoms with van der Waals surface area (Å²) in [7, 11) is 0. The van der Waals surface area contributed by atoms with Crippen molar-refractivity contribution in [3.8, 4) is 0 Å². The van der Waals surface area contributed by atoms with Gasteiger partial charge in [-0.15, -0.1) is 11.3 Å². The van der Waals surface area contributed by atoms with Gasteiger partial charge in [0.15, 0.2) is 0 Å². The normalized spacial score (nSPS) is 28.1. The van der Waals surface area contributed by atoms with Crippen LogP contribution in [0.5, 0.6) is 0 Å². The molecule has 0 spiro atoms. The van der Waals surface area contributed by atoms with Gasteiger partial charge in [0, 0.05) is 24.0 Å². The van der Waals surface area contributed by atoms with Crippen LogP contribution in [-0.2, 0) is 11.2 Å². The number of hydrogen-bond donors (Lipinski definition) is 1. The summed E-state index contributed by atoms with van der Waals surface area (Å²) < 4.78 is 0. The Kier molecular flexibility index (Phi) is 3.16. The van der Waals surface area contributed by atoms with Gasteiger partial charge in [-0.25, -0.2) is 0 Å². The van der Waals surface area contributed by atoms with Crippen LogP contribution in [0.2, 0.25) is 0 Å². The number of nitrogens with one attached hydrogen (secondary N) is 1. The summed E-state index contributed by atoms with van der Waals surface area (Å²) in [5.41, 5.74) is 0. The predicted molar refractivity (Wildman–Crippen MR) is 69.1 cm³/mol. The molecule has 1 aromatic heterocycles. The summed E-state index contributed by atoms with van der Waals surface area (Å²) in [6, 6.07) is 4.73. The highest BCUT2D eigenvalue weighted by Gasteiger charge is 2.34. The summed E-state index contributed by atoms with van der Waals surface area (Å²) in [5, 5.41) is 5.57. The maximum absolute atomic E-state index is 12.2. The van der Waals surface area contributed by atoms with Crippen molar-refractivity contribution < 1.29 is 4.79 Å². The topological polar surface area (TPSA) is 32.3 Å². The Morgan fingerprint density at radius 1 is 1.53 bits per heavy atom. The number of rotatable bonds is 2. The van der Waals surface area contributed by atoms with Gasteiger partial charge in [0.25, 0.3) is 0 Å². The average molecular weight is 250 g/mol. The molecule has 2 unspecified atom stereocenters. The molecule has 1 N–H and O–H groups in total. The van der Waals surface area contributed by atoms with Crippen LogP contribution in [0.1, 0.15) is 17.7 Å². The fourth-order valence-corrected chi connectivity index (χ4v) is 3.64. The molecule has 2 fully saturated rings. The predicted octanol–water partition coefficient (Wildman–Crippen LogP) is 1.50. The Labute approximate surface area is 106 Å². The fraction of sp³-hybridized carbons (Fsp3) is 0.615. The summed E-state index contributed by atoms with van der Waals surface area (Å²) >= 11 is 1.67. The lowest BCUT2D eigenvalue weighted by atomic mass is 9.93. The first-order chi connectivity index (χ1) is 8.33. The Morgan fingerprint density at radius 2 is 2.47 bits per heavy atom. The van der Waals surface area contributed by atoms with Crippen LogP contribution in [0.4, 0.5) is 0 Å². The number of hydrogen-bond acceptors (Lipinski definition) is 3. The molecule has 3 heterocycles. The maximum Gasteiger partial charge on any atom is 0.227 e. The van der Waals surface area contributed by atoms with Crippen molar-refractivity contribution in [3.05, 3.63) is 22.4 Å². The van der Waals surface area contributed by atoms with Gasteiger partial charge < -0.3 is 10.2 Å². The number of likely N-dealkylation sites (tertiary alicyclic amines) is 1. The molecule has 4 heteroatoms. The monoisotopic (exact) mass is 250 g/mol. The van der Waals surface area contributed by atoms with Gasteiger partial charge in [-0.1, -0.05) is 6.07 Å². The van der Waals surface area contributed by atoms with Gasteiger partial charge in [-0.05, 0) is 36.8 Å². The van der Waals surface area contributed by atoms with E-state index < -0.39 is 0 Å². The lowest BCUT2D eigenvalue weighted by Gasteiger charge is -2.34. The van der Waals surface area contributed by atoms with Crippen molar-refractivity contribution in [2.24, 2.45) is 5.92 Å². The fourth-order valence-electron chi connectivity index (χ4n) is 2.95. The van der Waals surface area contributed by atoms with Crippen LogP contribution >= 0.6 is 11.3 Å². The first-order valence-electron chi connectivity index (χ1n) is 6.36. The molecular formula is C13H18N2OS. The number of nitrogens with zero attached hydrogens (tertiary/aromatic N) is 1. The Balaban J connectivity index is 1.59. The van der Waals surface area contributed by atoms with Crippen LogP contribution in [0, 0.1) is 5.92 Å². The van der Waals surface area contributed by atoms with Gasteiger partial charge >= 0.3 is 0 Å². The van der Waals surface area contributed by atoms with Crippen LogP contribution in [0.15, 0.2) is 17.5 Å². The van der Waals surface area contributed by atoms with Crippen molar-refractivity contribution in [1.82, 2.24) is 10.2 Å². The summed E-state index contributed by atoms with van der Waals surface area (Å²) in [5.74, 6) is 0.994. The summed E-state index contributed by atoms with van der Waals surface area (Å²) in [4.78, 5) is 15.4. The van der Waals surface area contributed by atoms with Crippen molar-refractivity contribution in [2.75, 3.05) is 19.6 Å². The first-order valence-corrected chi connectivity index (χ1v) is 7.24. The molecule has 0 aliphatic carbocycles.